The highest BCUT2D eigenvalue weighted by Crippen LogP contribution is 2.21. The van der Waals surface area contributed by atoms with Crippen molar-refractivity contribution in [3.8, 4) is 0 Å². The average molecular weight is 334 g/mol. The van der Waals surface area contributed by atoms with Crippen molar-refractivity contribution in [3.63, 3.8) is 0 Å². The first kappa shape index (κ1) is 16.6. The van der Waals surface area contributed by atoms with Crippen LogP contribution in [0.1, 0.15) is 11.1 Å². The number of amides is 1. The zero-order valence-electron chi connectivity index (χ0n) is 12.3. The van der Waals surface area contributed by atoms with Gasteiger partial charge >= 0.3 is 5.97 Å². The van der Waals surface area contributed by atoms with E-state index in [4.69, 9.17) is 4.74 Å². The predicted octanol–water partition coefficient (Wildman–Crippen LogP) is 2.69. The molecule has 0 saturated carbocycles. The van der Waals surface area contributed by atoms with E-state index >= 15 is 0 Å². The number of thiophene rings is 1. The highest BCUT2D eigenvalue weighted by Gasteiger charge is 2.12. The predicted molar refractivity (Wildman–Crippen MR) is 85.4 cm³/mol. The molecule has 0 unspecified atom stereocenters. The van der Waals surface area contributed by atoms with E-state index in [-0.39, 0.29) is 12.1 Å². The zero-order chi connectivity index (χ0) is 16.8. The Morgan fingerprint density at radius 2 is 2.13 bits per heavy atom. The van der Waals surface area contributed by atoms with Crippen LogP contribution in [-0.4, -0.2) is 23.4 Å². The second-order valence-electron chi connectivity index (χ2n) is 4.77. The van der Waals surface area contributed by atoms with E-state index in [1.165, 1.54) is 29.5 Å². The monoisotopic (exact) mass is 334 g/mol. The third-order valence-electron chi connectivity index (χ3n) is 2.99. The molecule has 0 atom stereocenters. The molecule has 23 heavy (non-hydrogen) atoms. The molecule has 2 rings (SSSR count). The summed E-state index contributed by atoms with van der Waals surface area (Å²) >= 11 is 1.48. The molecule has 1 amide bonds. The normalized spacial score (nSPS) is 10.1. The van der Waals surface area contributed by atoms with E-state index < -0.39 is 23.4 Å². The highest BCUT2D eigenvalue weighted by atomic mass is 32.1. The van der Waals surface area contributed by atoms with Gasteiger partial charge in [0.1, 0.15) is 0 Å². The van der Waals surface area contributed by atoms with E-state index in [0.717, 1.165) is 5.56 Å². The molecule has 8 heteroatoms. The Labute approximate surface area is 136 Å². The Bertz CT molecular complexity index is 727. The number of hydrogen-bond donors (Lipinski definition) is 1. The van der Waals surface area contributed by atoms with Crippen molar-refractivity contribution >= 4 is 34.6 Å². The molecule has 2 aromatic rings. The van der Waals surface area contributed by atoms with Gasteiger partial charge in [0.15, 0.2) is 6.61 Å². The van der Waals surface area contributed by atoms with Gasteiger partial charge in [-0.1, -0.05) is 0 Å². The van der Waals surface area contributed by atoms with Crippen molar-refractivity contribution in [1.29, 1.82) is 0 Å². The second-order valence-corrected chi connectivity index (χ2v) is 5.55. The van der Waals surface area contributed by atoms with Crippen molar-refractivity contribution in [3.05, 3.63) is 56.3 Å². The number of rotatable bonds is 6. The largest absolute Gasteiger partial charge is 0.455 e. The molecule has 0 bridgehead atoms. The maximum absolute atomic E-state index is 11.8. The first-order valence-electron chi connectivity index (χ1n) is 6.67. The lowest BCUT2D eigenvalue weighted by Crippen LogP contribution is -2.22. The second kappa shape index (κ2) is 7.50. The topological polar surface area (TPSA) is 98.5 Å². The fourth-order valence-corrected chi connectivity index (χ4v) is 2.51. The number of ether oxygens (including phenoxy) is 1. The summed E-state index contributed by atoms with van der Waals surface area (Å²) in [4.78, 5) is 33.5. The molecule has 0 spiro atoms. The number of nitrogens with zero attached hydrogens (tertiary/aromatic N) is 1. The number of benzene rings is 1. The number of nitro groups is 1. The Morgan fingerprint density at radius 3 is 2.74 bits per heavy atom. The van der Waals surface area contributed by atoms with Crippen molar-refractivity contribution in [2.45, 2.75) is 13.3 Å². The zero-order valence-corrected chi connectivity index (χ0v) is 13.1. The van der Waals surface area contributed by atoms with Crippen LogP contribution in [0, 0.1) is 17.0 Å². The molecule has 0 saturated heterocycles. The minimum atomic E-state index is -0.509. The number of anilines is 1. The van der Waals surface area contributed by atoms with Gasteiger partial charge in [-0.05, 0) is 40.9 Å². The summed E-state index contributed by atoms with van der Waals surface area (Å²) in [6.45, 7) is 1.24. The van der Waals surface area contributed by atoms with Gasteiger partial charge in [0.25, 0.3) is 11.6 Å². The SMILES string of the molecule is Cc1cc([N+](=O)[O-])ccc1NC(=O)COC(=O)Cc1ccsc1. The van der Waals surface area contributed by atoms with E-state index in [0.29, 0.717) is 11.3 Å². The Morgan fingerprint density at radius 1 is 1.35 bits per heavy atom. The summed E-state index contributed by atoms with van der Waals surface area (Å²) < 4.78 is 4.90. The van der Waals surface area contributed by atoms with E-state index in [1.807, 2.05) is 16.8 Å². The maximum Gasteiger partial charge on any atom is 0.310 e. The number of nitrogens with one attached hydrogen (secondary N) is 1. The molecule has 1 aromatic carbocycles. The van der Waals surface area contributed by atoms with Gasteiger partial charge in [0, 0.05) is 17.8 Å². The van der Waals surface area contributed by atoms with Crippen LogP contribution in [0.2, 0.25) is 0 Å². The summed E-state index contributed by atoms with van der Waals surface area (Å²) in [6.07, 6.45) is 0.118. The minimum absolute atomic E-state index is 0.0531. The molecule has 7 nitrogen and oxygen atoms in total. The van der Waals surface area contributed by atoms with Crippen molar-refractivity contribution in [1.82, 2.24) is 0 Å². The number of non-ortho nitro benzene ring substituents is 1. The fraction of sp³-hybridized carbons (Fsp3) is 0.200. The molecular weight excluding hydrogens is 320 g/mol. The van der Waals surface area contributed by atoms with Crippen LogP contribution in [0.4, 0.5) is 11.4 Å². The van der Waals surface area contributed by atoms with Crippen LogP contribution in [0.3, 0.4) is 0 Å². The van der Waals surface area contributed by atoms with E-state index in [1.54, 1.807) is 6.92 Å². The first-order valence-corrected chi connectivity index (χ1v) is 7.61. The van der Waals surface area contributed by atoms with E-state index in [2.05, 4.69) is 5.32 Å². The lowest BCUT2D eigenvalue weighted by Gasteiger charge is -2.08. The fourth-order valence-electron chi connectivity index (χ4n) is 1.84. The molecule has 0 radical (unpaired) electrons. The van der Waals surface area contributed by atoms with Crippen molar-refractivity contribution in [2.24, 2.45) is 0 Å². The first-order chi connectivity index (χ1) is 11.0. The lowest BCUT2D eigenvalue weighted by atomic mass is 10.2. The van der Waals surface area contributed by atoms with Crippen LogP contribution in [0.15, 0.2) is 35.0 Å². The van der Waals surface area contributed by atoms with Crippen molar-refractivity contribution < 1.29 is 19.2 Å². The number of carbonyl (C=O) groups is 2. The van der Waals surface area contributed by atoms with Gasteiger partial charge < -0.3 is 10.1 Å². The number of hydrogen-bond acceptors (Lipinski definition) is 6. The Hall–Kier alpha value is -2.74. The van der Waals surface area contributed by atoms with Gasteiger partial charge in [-0.2, -0.15) is 11.3 Å². The van der Waals surface area contributed by atoms with Crippen LogP contribution in [-0.2, 0) is 20.7 Å². The molecule has 1 heterocycles. The molecular formula is C15H14N2O5S. The third-order valence-corrected chi connectivity index (χ3v) is 3.72. The summed E-state index contributed by atoms with van der Waals surface area (Å²) in [5, 5.41) is 16.9. The molecule has 0 aliphatic carbocycles. The summed E-state index contributed by atoms with van der Waals surface area (Å²) in [5.74, 6) is -0.986. The smallest absolute Gasteiger partial charge is 0.310 e. The summed E-state index contributed by atoms with van der Waals surface area (Å²) in [5.41, 5.74) is 1.78. The molecule has 0 aliphatic rings. The standard InChI is InChI=1S/C15H14N2O5S/c1-10-6-12(17(20)21)2-3-13(10)16-14(18)8-22-15(19)7-11-4-5-23-9-11/h2-6,9H,7-8H2,1H3,(H,16,18). The van der Waals surface area contributed by atoms with Gasteiger partial charge in [0.2, 0.25) is 0 Å². The molecule has 1 aromatic heterocycles. The maximum atomic E-state index is 11.8. The highest BCUT2D eigenvalue weighted by molar-refractivity contribution is 7.07. The molecule has 0 fully saturated rings. The van der Waals surface area contributed by atoms with Crippen LogP contribution < -0.4 is 5.32 Å². The number of aryl methyl sites for hydroxylation is 1. The van der Waals surface area contributed by atoms with Crippen LogP contribution in [0.5, 0.6) is 0 Å². The number of esters is 1. The van der Waals surface area contributed by atoms with Gasteiger partial charge in [-0.15, -0.1) is 0 Å². The van der Waals surface area contributed by atoms with Crippen molar-refractivity contribution in [2.75, 3.05) is 11.9 Å². The van der Waals surface area contributed by atoms with Crippen LogP contribution >= 0.6 is 11.3 Å². The molecule has 0 aliphatic heterocycles. The van der Waals surface area contributed by atoms with Gasteiger partial charge in [-0.25, -0.2) is 0 Å². The summed E-state index contributed by atoms with van der Waals surface area (Å²) in [6, 6.07) is 5.91. The minimum Gasteiger partial charge on any atom is -0.455 e. The summed E-state index contributed by atoms with van der Waals surface area (Å²) in [7, 11) is 0. The Balaban J connectivity index is 1.85. The van der Waals surface area contributed by atoms with Gasteiger partial charge in [0.05, 0.1) is 11.3 Å². The molecule has 120 valence electrons. The molecule has 1 N–H and O–H groups in total. The van der Waals surface area contributed by atoms with Crippen LogP contribution in [0.25, 0.3) is 0 Å². The average Bonchev–Trinajstić information content (AvgIpc) is 3.00. The third kappa shape index (κ3) is 4.89. The van der Waals surface area contributed by atoms with E-state index in [9.17, 15) is 19.7 Å². The lowest BCUT2D eigenvalue weighted by molar-refractivity contribution is -0.384. The Kier molecular flexibility index (Phi) is 5.42. The quantitative estimate of drug-likeness (QED) is 0.497. The number of nitro benzene ring substituents is 1. The van der Waals surface area contributed by atoms with Gasteiger partial charge in [-0.3, -0.25) is 19.7 Å². The number of carbonyl (C=O) groups excluding carboxylic acids is 2.